The van der Waals surface area contributed by atoms with Crippen LogP contribution >= 0.6 is 23.2 Å². The largest absolute Gasteiger partial charge is 0.495 e. The van der Waals surface area contributed by atoms with E-state index < -0.39 is 11.7 Å². The predicted molar refractivity (Wildman–Crippen MR) is 120 cm³/mol. The highest BCUT2D eigenvalue weighted by Gasteiger charge is 2.27. The summed E-state index contributed by atoms with van der Waals surface area (Å²) in [5, 5.41) is 19.1. The van der Waals surface area contributed by atoms with Crippen molar-refractivity contribution in [3.8, 4) is 11.8 Å². The molecule has 0 spiro atoms. The Bertz CT molecular complexity index is 1190. The summed E-state index contributed by atoms with van der Waals surface area (Å²) in [6, 6.07) is 12.2. The number of carbonyl (C=O) groups is 1. The van der Waals surface area contributed by atoms with Gasteiger partial charge >= 0.3 is 6.09 Å². The third-order valence-electron chi connectivity index (χ3n) is 4.27. The van der Waals surface area contributed by atoms with E-state index in [0.717, 1.165) is 5.56 Å². The molecule has 0 aliphatic rings. The Balaban J connectivity index is 2.15. The number of fused-ring (bicyclic) bond motifs is 1. The van der Waals surface area contributed by atoms with E-state index in [2.05, 4.69) is 16.3 Å². The van der Waals surface area contributed by atoms with Crippen LogP contribution in [0.4, 0.5) is 10.6 Å². The van der Waals surface area contributed by atoms with Gasteiger partial charge in [-0.2, -0.15) is 5.26 Å². The Morgan fingerprint density at radius 3 is 2.48 bits per heavy atom. The van der Waals surface area contributed by atoms with Crippen molar-refractivity contribution >= 4 is 45.9 Å². The van der Waals surface area contributed by atoms with Gasteiger partial charge in [-0.1, -0.05) is 29.3 Å². The Hall–Kier alpha value is -3.08. The fourth-order valence-electron chi connectivity index (χ4n) is 2.91. The van der Waals surface area contributed by atoms with Crippen molar-refractivity contribution in [3.05, 3.63) is 57.7 Å². The van der Waals surface area contributed by atoms with Crippen LogP contribution in [0.25, 0.3) is 10.8 Å². The zero-order valence-electron chi connectivity index (χ0n) is 17.4. The summed E-state index contributed by atoms with van der Waals surface area (Å²) in [6.45, 7) is 5.41. The third kappa shape index (κ3) is 5.16. The SMILES string of the molecule is COc1ccc(CN(C(=O)OC(C)(C)C)c2nnc(Cl)c3ccc(C#N)cc23)cc1Cl. The minimum Gasteiger partial charge on any atom is -0.495 e. The molecule has 0 N–H and O–H groups in total. The molecule has 0 saturated carbocycles. The van der Waals surface area contributed by atoms with Crippen LogP contribution in [0.3, 0.4) is 0 Å². The molecule has 3 rings (SSSR count). The van der Waals surface area contributed by atoms with Crippen molar-refractivity contribution in [1.82, 2.24) is 10.2 Å². The van der Waals surface area contributed by atoms with Gasteiger partial charge in [-0.3, -0.25) is 4.90 Å². The first kappa shape index (κ1) is 22.6. The van der Waals surface area contributed by atoms with Gasteiger partial charge in [0, 0.05) is 10.8 Å². The van der Waals surface area contributed by atoms with Crippen LogP contribution in [-0.4, -0.2) is 29.0 Å². The standard InChI is InChI=1S/C22H20Cl2N4O3/c1-22(2,3)31-21(29)28(12-14-6-8-18(30-4)17(23)10-14)20-16-9-13(11-25)5-7-15(16)19(24)26-27-20/h5-10H,12H2,1-4H3. The van der Waals surface area contributed by atoms with Crippen molar-refractivity contribution in [2.24, 2.45) is 0 Å². The summed E-state index contributed by atoms with van der Waals surface area (Å²) in [5.74, 6) is 0.738. The highest BCUT2D eigenvalue weighted by molar-refractivity contribution is 6.34. The fourth-order valence-corrected chi connectivity index (χ4v) is 3.39. The second-order valence-electron chi connectivity index (χ2n) is 7.72. The van der Waals surface area contributed by atoms with Crippen LogP contribution in [-0.2, 0) is 11.3 Å². The van der Waals surface area contributed by atoms with Crippen molar-refractivity contribution in [2.75, 3.05) is 12.0 Å². The molecule has 1 aromatic heterocycles. The van der Waals surface area contributed by atoms with Gasteiger partial charge in [0.2, 0.25) is 0 Å². The number of benzene rings is 2. The Labute approximate surface area is 190 Å². The summed E-state index contributed by atoms with van der Waals surface area (Å²) in [4.78, 5) is 14.5. The number of anilines is 1. The van der Waals surface area contributed by atoms with Gasteiger partial charge in [-0.15, -0.1) is 10.2 Å². The lowest BCUT2D eigenvalue weighted by molar-refractivity contribution is 0.0576. The number of aromatic nitrogens is 2. The van der Waals surface area contributed by atoms with E-state index in [1.165, 1.54) is 12.0 Å². The summed E-state index contributed by atoms with van der Waals surface area (Å²) < 4.78 is 10.8. The molecule has 0 bridgehead atoms. The lowest BCUT2D eigenvalue weighted by Crippen LogP contribution is -2.37. The van der Waals surface area contributed by atoms with Gasteiger partial charge in [-0.25, -0.2) is 4.79 Å². The minimum absolute atomic E-state index is 0.0980. The summed E-state index contributed by atoms with van der Waals surface area (Å²) in [7, 11) is 1.52. The summed E-state index contributed by atoms with van der Waals surface area (Å²) >= 11 is 12.5. The molecule has 0 radical (unpaired) electrons. The van der Waals surface area contributed by atoms with Gasteiger partial charge in [0.15, 0.2) is 11.0 Å². The van der Waals surface area contributed by atoms with Gasteiger partial charge in [0.05, 0.1) is 30.3 Å². The van der Waals surface area contributed by atoms with Crippen molar-refractivity contribution in [1.29, 1.82) is 5.26 Å². The fraction of sp³-hybridized carbons (Fsp3) is 0.273. The Morgan fingerprint density at radius 1 is 1.13 bits per heavy atom. The van der Waals surface area contributed by atoms with Crippen LogP contribution in [0, 0.1) is 11.3 Å². The number of methoxy groups -OCH3 is 1. The quantitative estimate of drug-likeness (QED) is 0.493. The number of halogens is 2. The number of nitrogens with zero attached hydrogens (tertiary/aromatic N) is 4. The molecule has 0 fully saturated rings. The first-order chi connectivity index (χ1) is 14.6. The van der Waals surface area contributed by atoms with E-state index in [9.17, 15) is 10.1 Å². The highest BCUT2D eigenvalue weighted by Crippen LogP contribution is 2.32. The number of nitriles is 1. The second kappa shape index (κ2) is 8.96. The van der Waals surface area contributed by atoms with Gasteiger partial charge in [-0.05, 0) is 56.7 Å². The zero-order valence-corrected chi connectivity index (χ0v) is 19.0. The average molecular weight is 459 g/mol. The molecule has 1 amide bonds. The third-order valence-corrected chi connectivity index (χ3v) is 4.85. The van der Waals surface area contributed by atoms with Gasteiger partial charge < -0.3 is 9.47 Å². The zero-order chi connectivity index (χ0) is 22.8. The monoisotopic (exact) mass is 458 g/mol. The molecule has 0 aliphatic heterocycles. The molecule has 9 heteroatoms. The highest BCUT2D eigenvalue weighted by atomic mass is 35.5. The van der Waals surface area contributed by atoms with Crippen LogP contribution in [0.5, 0.6) is 5.75 Å². The number of rotatable bonds is 4. The van der Waals surface area contributed by atoms with Crippen LogP contribution in [0.2, 0.25) is 10.2 Å². The minimum atomic E-state index is -0.736. The van der Waals surface area contributed by atoms with E-state index >= 15 is 0 Å². The molecule has 160 valence electrons. The smallest absolute Gasteiger partial charge is 0.416 e. The maximum absolute atomic E-state index is 13.1. The lowest BCUT2D eigenvalue weighted by Gasteiger charge is -2.27. The van der Waals surface area contributed by atoms with Crippen LogP contribution in [0.15, 0.2) is 36.4 Å². The topological polar surface area (TPSA) is 88.3 Å². The van der Waals surface area contributed by atoms with Crippen molar-refractivity contribution in [3.63, 3.8) is 0 Å². The number of ether oxygens (including phenoxy) is 2. The van der Waals surface area contributed by atoms with E-state index in [1.54, 1.807) is 57.2 Å². The van der Waals surface area contributed by atoms with Gasteiger partial charge in [0.1, 0.15) is 11.4 Å². The van der Waals surface area contributed by atoms with E-state index in [-0.39, 0.29) is 17.5 Å². The van der Waals surface area contributed by atoms with E-state index in [0.29, 0.717) is 27.1 Å². The molecule has 0 aliphatic carbocycles. The molecule has 0 unspecified atom stereocenters. The molecule has 2 aromatic carbocycles. The number of hydrogen-bond acceptors (Lipinski definition) is 6. The van der Waals surface area contributed by atoms with Gasteiger partial charge in [0.25, 0.3) is 0 Å². The predicted octanol–water partition coefficient (Wildman–Crippen LogP) is 5.76. The number of hydrogen-bond donors (Lipinski definition) is 0. The molecule has 31 heavy (non-hydrogen) atoms. The van der Waals surface area contributed by atoms with Crippen molar-refractivity contribution < 1.29 is 14.3 Å². The average Bonchev–Trinajstić information content (AvgIpc) is 2.71. The second-order valence-corrected chi connectivity index (χ2v) is 8.49. The van der Waals surface area contributed by atoms with Crippen LogP contribution < -0.4 is 9.64 Å². The molecule has 3 aromatic rings. The number of carbonyl (C=O) groups excluding carboxylic acids is 1. The molecule has 7 nitrogen and oxygen atoms in total. The molecular formula is C22H20Cl2N4O3. The van der Waals surface area contributed by atoms with E-state index in [1.807, 2.05) is 0 Å². The number of amides is 1. The first-order valence-corrected chi connectivity index (χ1v) is 10.1. The normalized spacial score (nSPS) is 11.1. The molecule has 0 saturated heterocycles. The molecular weight excluding hydrogens is 439 g/mol. The first-order valence-electron chi connectivity index (χ1n) is 9.32. The summed E-state index contributed by atoms with van der Waals surface area (Å²) in [6.07, 6.45) is -0.625. The Kier molecular flexibility index (Phi) is 6.54. The van der Waals surface area contributed by atoms with Crippen molar-refractivity contribution in [2.45, 2.75) is 32.9 Å². The molecule has 0 atom stereocenters. The Morgan fingerprint density at radius 2 is 1.87 bits per heavy atom. The lowest BCUT2D eigenvalue weighted by atomic mass is 10.1. The maximum atomic E-state index is 13.1. The van der Waals surface area contributed by atoms with Crippen LogP contribution in [0.1, 0.15) is 31.9 Å². The molecule has 1 heterocycles. The maximum Gasteiger partial charge on any atom is 0.416 e. The van der Waals surface area contributed by atoms with E-state index in [4.69, 9.17) is 32.7 Å². The summed E-state index contributed by atoms with van der Waals surface area (Å²) in [5.41, 5.74) is 0.382.